The Kier molecular flexibility index (Phi) is 9.26. The van der Waals surface area contributed by atoms with Crippen LogP contribution in [-0.2, 0) is 19.0 Å². The monoisotopic (exact) mass is 570 g/mol. The normalized spacial score (nSPS) is 12.3. The van der Waals surface area contributed by atoms with Gasteiger partial charge in [-0.25, -0.2) is 0 Å². The molecule has 0 saturated heterocycles. The zero-order chi connectivity index (χ0) is 29.4. The van der Waals surface area contributed by atoms with Crippen LogP contribution in [0.2, 0.25) is 0 Å². The summed E-state index contributed by atoms with van der Waals surface area (Å²) in [6, 6.07) is 31.1. The second kappa shape index (κ2) is 13.4. The molecular weight excluding hydrogens is 538 g/mol. The van der Waals surface area contributed by atoms with Gasteiger partial charge in [-0.3, -0.25) is 4.79 Å². The molecule has 4 aromatic carbocycles. The fourth-order valence-corrected chi connectivity index (χ4v) is 4.67. The van der Waals surface area contributed by atoms with Crippen LogP contribution in [0.25, 0.3) is 10.9 Å². The SMILES string of the molecule is O=c1ccc2c([C@@H](O)CNCCc3ccc(OCC(F)(F)c4ccccc4)cc3)ccc(OCc3ccccc3)c2[nH]1. The summed E-state index contributed by atoms with van der Waals surface area (Å²) in [6.07, 6.45) is -0.142. The lowest BCUT2D eigenvalue weighted by Crippen LogP contribution is -2.24. The Morgan fingerprint density at radius 3 is 2.26 bits per heavy atom. The van der Waals surface area contributed by atoms with Gasteiger partial charge >= 0.3 is 5.92 Å². The third kappa shape index (κ3) is 7.40. The number of aromatic amines is 1. The molecule has 0 unspecified atom stereocenters. The van der Waals surface area contributed by atoms with Gasteiger partial charge in [-0.2, -0.15) is 8.78 Å². The number of hydrogen-bond acceptors (Lipinski definition) is 5. The van der Waals surface area contributed by atoms with E-state index >= 15 is 0 Å². The van der Waals surface area contributed by atoms with Gasteiger partial charge in [-0.05, 0) is 53.9 Å². The highest BCUT2D eigenvalue weighted by Crippen LogP contribution is 2.31. The molecule has 0 fully saturated rings. The lowest BCUT2D eigenvalue weighted by atomic mass is 10.0. The van der Waals surface area contributed by atoms with Gasteiger partial charge in [0.1, 0.15) is 18.1 Å². The molecule has 0 aliphatic carbocycles. The molecule has 8 heteroatoms. The third-order valence-electron chi connectivity index (χ3n) is 6.95. The van der Waals surface area contributed by atoms with Crippen molar-refractivity contribution in [3.63, 3.8) is 0 Å². The molecule has 0 spiro atoms. The molecule has 1 aromatic heterocycles. The molecule has 0 saturated carbocycles. The minimum atomic E-state index is -3.08. The van der Waals surface area contributed by atoms with E-state index in [9.17, 15) is 18.7 Å². The second-order valence-corrected chi connectivity index (χ2v) is 10.0. The van der Waals surface area contributed by atoms with Crippen molar-refractivity contribution in [3.8, 4) is 11.5 Å². The van der Waals surface area contributed by atoms with E-state index in [1.165, 1.54) is 18.2 Å². The molecule has 0 radical (unpaired) electrons. The van der Waals surface area contributed by atoms with E-state index in [0.717, 1.165) is 11.1 Å². The topological polar surface area (TPSA) is 83.6 Å². The van der Waals surface area contributed by atoms with E-state index in [1.807, 2.05) is 48.5 Å². The van der Waals surface area contributed by atoms with Crippen molar-refractivity contribution in [2.75, 3.05) is 19.7 Å². The van der Waals surface area contributed by atoms with Crippen molar-refractivity contribution in [2.45, 2.75) is 25.1 Å². The summed E-state index contributed by atoms with van der Waals surface area (Å²) in [4.78, 5) is 14.9. The van der Waals surface area contributed by atoms with Crippen LogP contribution in [-0.4, -0.2) is 29.8 Å². The molecule has 3 N–H and O–H groups in total. The molecule has 42 heavy (non-hydrogen) atoms. The first kappa shape index (κ1) is 29.0. The zero-order valence-electron chi connectivity index (χ0n) is 22.9. The summed E-state index contributed by atoms with van der Waals surface area (Å²) in [5, 5.41) is 14.9. The highest BCUT2D eigenvalue weighted by molar-refractivity contribution is 5.87. The van der Waals surface area contributed by atoms with Gasteiger partial charge < -0.3 is 24.9 Å². The van der Waals surface area contributed by atoms with Crippen LogP contribution < -0.4 is 20.3 Å². The largest absolute Gasteiger partial charge is 0.487 e. The Morgan fingerprint density at radius 2 is 1.52 bits per heavy atom. The van der Waals surface area contributed by atoms with E-state index in [4.69, 9.17) is 9.47 Å². The van der Waals surface area contributed by atoms with Gasteiger partial charge in [-0.1, -0.05) is 78.9 Å². The summed E-state index contributed by atoms with van der Waals surface area (Å²) in [6.45, 7) is 0.507. The van der Waals surface area contributed by atoms with Crippen molar-refractivity contribution in [1.82, 2.24) is 10.3 Å². The number of aromatic nitrogens is 1. The molecule has 0 amide bonds. The number of aliphatic hydroxyl groups is 1. The van der Waals surface area contributed by atoms with Crippen molar-refractivity contribution >= 4 is 10.9 Å². The number of rotatable bonds is 13. The molecule has 0 bridgehead atoms. The number of halogens is 2. The second-order valence-electron chi connectivity index (χ2n) is 10.0. The third-order valence-corrected chi connectivity index (χ3v) is 6.95. The fourth-order valence-electron chi connectivity index (χ4n) is 4.67. The highest BCUT2D eigenvalue weighted by atomic mass is 19.3. The number of hydrogen-bond donors (Lipinski definition) is 3. The van der Waals surface area contributed by atoms with Crippen molar-refractivity contribution in [1.29, 1.82) is 0 Å². The Bertz CT molecular complexity index is 1640. The molecule has 6 nitrogen and oxygen atoms in total. The first-order valence-corrected chi connectivity index (χ1v) is 13.8. The summed E-state index contributed by atoms with van der Waals surface area (Å²) in [5.41, 5.74) is 2.89. The quantitative estimate of drug-likeness (QED) is 0.148. The maximum atomic E-state index is 14.4. The van der Waals surface area contributed by atoms with Gasteiger partial charge in [0, 0.05) is 23.6 Å². The maximum Gasteiger partial charge on any atom is 0.306 e. The van der Waals surface area contributed by atoms with E-state index in [1.54, 1.807) is 42.5 Å². The van der Waals surface area contributed by atoms with Crippen LogP contribution in [0.5, 0.6) is 11.5 Å². The predicted molar refractivity (Wildman–Crippen MR) is 159 cm³/mol. The molecule has 0 aliphatic rings. The Balaban J connectivity index is 1.13. The Hall–Kier alpha value is -4.53. The van der Waals surface area contributed by atoms with Crippen LogP contribution in [0.4, 0.5) is 8.78 Å². The van der Waals surface area contributed by atoms with Crippen LogP contribution in [0.3, 0.4) is 0 Å². The van der Waals surface area contributed by atoms with Gasteiger partial charge in [0.05, 0.1) is 11.6 Å². The highest BCUT2D eigenvalue weighted by Gasteiger charge is 2.32. The number of alkyl halides is 2. The van der Waals surface area contributed by atoms with Gasteiger partial charge in [0.15, 0.2) is 6.61 Å². The fraction of sp³-hybridized carbons (Fsp3) is 0.206. The number of benzene rings is 4. The van der Waals surface area contributed by atoms with Crippen molar-refractivity contribution in [2.24, 2.45) is 0 Å². The average molecular weight is 571 g/mol. The number of aliphatic hydroxyl groups excluding tert-OH is 1. The van der Waals surface area contributed by atoms with E-state index in [-0.39, 0.29) is 11.1 Å². The van der Waals surface area contributed by atoms with Crippen LogP contribution in [0, 0.1) is 0 Å². The lowest BCUT2D eigenvalue weighted by Gasteiger charge is -2.18. The molecule has 5 aromatic rings. The first-order chi connectivity index (χ1) is 20.4. The van der Waals surface area contributed by atoms with Gasteiger partial charge in [0.25, 0.3) is 0 Å². The number of nitrogens with one attached hydrogen (secondary N) is 2. The van der Waals surface area contributed by atoms with E-state index in [0.29, 0.717) is 54.1 Å². The maximum absolute atomic E-state index is 14.4. The summed E-state index contributed by atoms with van der Waals surface area (Å²) >= 11 is 0. The first-order valence-electron chi connectivity index (χ1n) is 13.8. The Labute approximate surface area is 242 Å². The smallest absolute Gasteiger partial charge is 0.306 e. The lowest BCUT2D eigenvalue weighted by molar-refractivity contribution is -0.0467. The standard InChI is InChI=1S/C34H32F2N2O4/c35-34(36,26-9-5-2-6-10-26)23-42-27-13-11-24(12-14-27)19-20-37-21-30(39)28-15-17-31(33-29(28)16-18-32(40)38-33)41-22-25-7-3-1-4-8-25/h1-18,30,37,39H,19-23H2,(H,38,40)/t30-/m0/s1. The number of H-pyrrole nitrogens is 1. The van der Waals surface area contributed by atoms with Gasteiger partial charge in [0.2, 0.25) is 5.56 Å². The van der Waals surface area contributed by atoms with Crippen LogP contribution in [0.1, 0.15) is 28.4 Å². The van der Waals surface area contributed by atoms with Crippen LogP contribution >= 0.6 is 0 Å². The summed E-state index contributed by atoms with van der Waals surface area (Å²) < 4.78 is 40.1. The molecule has 5 rings (SSSR count). The van der Waals surface area contributed by atoms with Gasteiger partial charge in [-0.15, -0.1) is 0 Å². The predicted octanol–water partition coefficient (Wildman–Crippen LogP) is 6.14. The van der Waals surface area contributed by atoms with Crippen molar-refractivity contribution in [3.05, 3.63) is 142 Å². The average Bonchev–Trinajstić information content (AvgIpc) is 3.02. The van der Waals surface area contributed by atoms with E-state index in [2.05, 4.69) is 10.3 Å². The number of ether oxygens (including phenoxy) is 2. The Morgan fingerprint density at radius 1 is 0.810 bits per heavy atom. The molecule has 1 atom stereocenters. The summed E-state index contributed by atoms with van der Waals surface area (Å²) in [7, 11) is 0. The minimum absolute atomic E-state index is 0.0801. The van der Waals surface area contributed by atoms with E-state index < -0.39 is 18.6 Å². The summed E-state index contributed by atoms with van der Waals surface area (Å²) in [5.74, 6) is -2.17. The molecular formula is C34H32F2N2O4. The molecule has 0 aliphatic heterocycles. The zero-order valence-corrected chi connectivity index (χ0v) is 22.9. The minimum Gasteiger partial charge on any atom is -0.487 e. The molecule has 216 valence electrons. The van der Waals surface area contributed by atoms with Crippen LogP contribution in [0.15, 0.2) is 114 Å². The number of fused-ring (bicyclic) bond motifs is 1. The molecule has 1 heterocycles. The number of pyridine rings is 1. The van der Waals surface area contributed by atoms with Crippen molar-refractivity contribution < 1.29 is 23.4 Å².